The molecule has 0 heterocycles. The zero-order valence-corrected chi connectivity index (χ0v) is 11.5. The summed E-state index contributed by atoms with van der Waals surface area (Å²) in [6.45, 7) is 5.20. The van der Waals surface area contributed by atoms with Gasteiger partial charge in [0.15, 0.2) is 18.2 Å². The molecule has 0 bridgehead atoms. The first kappa shape index (κ1) is 15.4. The van der Waals surface area contributed by atoms with E-state index in [0.29, 0.717) is 18.0 Å². The Balaban J connectivity index is 2.68. The van der Waals surface area contributed by atoms with Gasteiger partial charge in [-0.05, 0) is 18.5 Å². The molecule has 0 radical (unpaired) electrons. The third kappa shape index (κ3) is 5.26. The molecular weight excluding hydrogens is 249 g/mol. The third-order valence-corrected chi connectivity index (χ3v) is 2.48. The van der Waals surface area contributed by atoms with Crippen molar-refractivity contribution in [2.75, 3.05) is 20.3 Å². The Kier molecular flexibility index (Phi) is 6.29. The summed E-state index contributed by atoms with van der Waals surface area (Å²) in [5.41, 5.74) is 0.685. The molecule has 106 valence electrons. The van der Waals surface area contributed by atoms with Gasteiger partial charge in [0.25, 0.3) is 0 Å². The van der Waals surface area contributed by atoms with Gasteiger partial charge in [-0.2, -0.15) is 0 Å². The predicted octanol–water partition coefficient (Wildman–Crippen LogP) is 2.12. The second kappa shape index (κ2) is 7.74. The van der Waals surface area contributed by atoms with Gasteiger partial charge in [0.05, 0.1) is 7.11 Å². The number of ether oxygens (including phenoxy) is 2. The minimum Gasteiger partial charge on any atom is -0.478 e. The van der Waals surface area contributed by atoms with Gasteiger partial charge in [-0.3, -0.25) is 0 Å². The van der Waals surface area contributed by atoms with E-state index in [0.717, 1.165) is 6.54 Å². The topological polar surface area (TPSA) is 47.6 Å². The first-order valence-electron chi connectivity index (χ1n) is 6.22. The number of methoxy groups -OCH3 is 1. The van der Waals surface area contributed by atoms with Gasteiger partial charge in [-0.25, -0.2) is 9.18 Å². The minimum atomic E-state index is -0.538. The van der Waals surface area contributed by atoms with E-state index >= 15 is 0 Å². The molecule has 0 spiro atoms. The molecular formula is C14H20FNO3. The fourth-order valence-corrected chi connectivity index (χ4v) is 1.54. The number of para-hydroxylation sites is 1. The summed E-state index contributed by atoms with van der Waals surface area (Å²) >= 11 is 0. The van der Waals surface area contributed by atoms with Crippen LogP contribution in [-0.2, 0) is 16.1 Å². The summed E-state index contributed by atoms with van der Waals surface area (Å²) < 4.78 is 23.3. The van der Waals surface area contributed by atoms with Crippen molar-refractivity contribution in [1.82, 2.24) is 5.32 Å². The molecule has 0 saturated heterocycles. The maximum Gasteiger partial charge on any atom is 0.343 e. The van der Waals surface area contributed by atoms with Crippen LogP contribution in [0.1, 0.15) is 19.4 Å². The van der Waals surface area contributed by atoms with Gasteiger partial charge in [-0.15, -0.1) is 0 Å². The maximum absolute atomic E-state index is 13.7. The van der Waals surface area contributed by atoms with Crippen LogP contribution in [0.3, 0.4) is 0 Å². The number of halogens is 1. The SMILES string of the molecule is COC(=O)COc1c(F)cccc1CNCC(C)C. The van der Waals surface area contributed by atoms with E-state index in [4.69, 9.17) is 4.74 Å². The summed E-state index contributed by atoms with van der Waals surface area (Å²) in [6.07, 6.45) is 0. The second-order valence-corrected chi connectivity index (χ2v) is 4.62. The lowest BCUT2D eigenvalue weighted by atomic mass is 10.1. The van der Waals surface area contributed by atoms with Crippen molar-refractivity contribution >= 4 is 5.97 Å². The number of hydrogen-bond donors (Lipinski definition) is 1. The Morgan fingerprint density at radius 3 is 2.79 bits per heavy atom. The zero-order chi connectivity index (χ0) is 14.3. The number of rotatable bonds is 7. The normalized spacial score (nSPS) is 10.6. The monoisotopic (exact) mass is 269 g/mol. The minimum absolute atomic E-state index is 0.101. The fourth-order valence-electron chi connectivity index (χ4n) is 1.54. The number of carbonyl (C=O) groups is 1. The largest absolute Gasteiger partial charge is 0.478 e. The predicted molar refractivity (Wildman–Crippen MR) is 70.5 cm³/mol. The average molecular weight is 269 g/mol. The molecule has 1 aromatic carbocycles. The van der Waals surface area contributed by atoms with Crippen LogP contribution in [0.25, 0.3) is 0 Å². The van der Waals surface area contributed by atoms with Crippen molar-refractivity contribution in [3.63, 3.8) is 0 Å². The van der Waals surface area contributed by atoms with Crippen LogP contribution in [-0.4, -0.2) is 26.2 Å². The molecule has 19 heavy (non-hydrogen) atoms. The lowest BCUT2D eigenvalue weighted by Gasteiger charge is -2.13. The van der Waals surface area contributed by atoms with Crippen LogP contribution in [0.5, 0.6) is 5.75 Å². The van der Waals surface area contributed by atoms with Crippen molar-refractivity contribution in [2.45, 2.75) is 20.4 Å². The number of nitrogens with one attached hydrogen (secondary N) is 1. The number of hydrogen-bond acceptors (Lipinski definition) is 4. The molecule has 1 N–H and O–H groups in total. The lowest BCUT2D eigenvalue weighted by Crippen LogP contribution is -2.20. The molecule has 1 aromatic rings. The standard InChI is InChI=1S/C14H20FNO3/c1-10(2)7-16-8-11-5-4-6-12(15)14(11)19-9-13(17)18-3/h4-6,10,16H,7-9H2,1-3H3. The molecule has 5 heteroatoms. The first-order chi connectivity index (χ1) is 9.04. The van der Waals surface area contributed by atoms with Gasteiger partial charge >= 0.3 is 5.97 Å². The highest BCUT2D eigenvalue weighted by Gasteiger charge is 2.12. The van der Waals surface area contributed by atoms with Gasteiger partial charge in [0.1, 0.15) is 0 Å². The molecule has 0 aromatic heterocycles. The van der Waals surface area contributed by atoms with Crippen LogP contribution in [0.4, 0.5) is 4.39 Å². The second-order valence-electron chi connectivity index (χ2n) is 4.62. The Morgan fingerprint density at radius 2 is 2.16 bits per heavy atom. The molecule has 4 nitrogen and oxygen atoms in total. The molecule has 0 saturated carbocycles. The van der Waals surface area contributed by atoms with E-state index in [1.807, 2.05) is 0 Å². The van der Waals surface area contributed by atoms with Gasteiger partial charge in [-0.1, -0.05) is 26.0 Å². The first-order valence-corrected chi connectivity index (χ1v) is 6.22. The van der Waals surface area contributed by atoms with Crippen molar-refractivity contribution in [3.05, 3.63) is 29.6 Å². The van der Waals surface area contributed by atoms with Gasteiger partial charge in [0, 0.05) is 12.1 Å². The maximum atomic E-state index is 13.7. The molecule has 0 fully saturated rings. The summed E-state index contributed by atoms with van der Waals surface area (Å²) in [7, 11) is 1.26. The van der Waals surface area contributed by atoms with Crippen LogP contribution < -0.4 is 10.1 Å². The molecule has 1 rings (SSSR count). The Morgan fingerprint density at radius 1 is 1.42 bits per heavy atom. The van der Waals surface area contributed by atoms with Crippen LogP contribution in [0, 0.1) is 11.7 Å². The lowest BCUT2D eigenvalue weighted by molar-refractivity contribution is -0.142. The Bertz CT molecular complexity index is 421. The Labute approximate surface area is 112 Å². The smallest absolute Gasteiger partial charge is 0.343 e. The van der Waals surface area contributed by atoms with E-state index in [9.17, 15) is 9.18 Å². The summed E-state index contributed by atoms with van der Waals surface area (Å²) in [5.74, 6) is -0.408. The van der Waals surface area contributed by atoms with Crippen LogP contribution in [0.15, 0.2) is 18.2 Å². The van der Waals surface area contributed by atoms with E-state index < -0.39 is 11.8 Å². The zero-order valence-electron chi connectivity index (χ0n) is 11.5. The number of carbonyl (C=O) groups excluding carboxylic acids is 1. The molecule has 0 aliphatic heterocycles. The Hall–Kier alpha value is -1.62. The summed E-state index contributed by atoms with van der Waals surface area (Å²) in [5, 5.41) is 3.21. The number of esters is 1. The molecule has 0 atom stereocenters. The molecule has 0 amide bonds. The van der Waals surface area contributed by atoms with Crippen LogP contribution in [0.2, 0.25) is 0 Å². The van der Waals surface area contributed by atoms with Crippen molar-refractivity contribution < 1.29 is 18.7 Å². The van der Waals surface area contributed by atoms with Gasteiger partial charge < -0.3 is 14.8 Å². The van der Waals surface area contributed by atoms with E-state index in [-0.39, 0.29) is 12.4 Å². The highest BCUT2D eigenvalue weighted by Crippen LogP contribution is 2.22. The number of benzene rings is 1. The molecule has 0 aliphatic carbocycles. The van der Waals surface area contributed by atoms with Crippen molar-refractivity contribution in [3.8, 4) is 5.75 Å². The third-order valence-electron chi connectivity index (χ3n) is 2.48. The van der Waals surface area contributed by atoms with E-state index in [2.05, 4.69) is 23.9 Å². The average Bonchev–Trinajstić information content (AvgIpc) is 2.37. The highest BCUT2D eigenvalue weighted by atomic mass is 19.1. The van der Waals surface area contributed by atoms with Gasteiger partial charge in [0.2, 0.25) is 0 Å². The van der Waals surface area contributed by atoms with E-state index in [1.165, 1.54) is 13.2 Å². The summed E-state index contributed by atoms with van der Waals surface area (Å²) in [6, 6.07) is 4.69. The quantitative estimate of drug-likeness (QED) is 0.770. The van der Waals surface area contributed by atoms with Crippen molar-refractivity contribution in [2.24, 2.45) is 5.92 Å². The van der Waals surface area contributed by atoms with Crippen LogP contribution >= 0.6 is 0 Å². The summed E-state index contributed by atoms with van der Waals surface area (Å²) in [4.78, 5) is 11.0. The van der Waals surface area contributed by atoms with Crippen molar-refractivity contribution in [1.29, 1.82) is 0 Å². The fraction of sp³-hybridized carbons (Fsp3) is 0.500. The van der Waals surface area contributed by atoms with E-state index in [1.54, 1.807) is 12.1 Å². The molecule has 0 unspecified atom stereocenters. The highest BCUT2D eigenvalue weighted by molar-refractivity contribution is 5.70. The molecule has 0 aliphatic rings.